The predicted octanol–water partition coefficient (Wildman–Crippen LogP) is 2.26. The van der Waals surface area contributed by atoms with Crippen LogP contribution < -0.4 is 15.1 Å². The van der Waals surface area contributed by atoms with Crippen molar-refractivity contribution in [2.24, 2.45) is 0 Å². The van der Waals surface area contributed by atoms with E-state index in [1.165, 1.54) is 19.3 Å². The van der Waals surface area contributed by atoms with Gasteiger partial charge in [0.15, 0.2) is 0 Å². The maximum atomic E-state index is 12.6. The Balaban J connectivity index is 1.37. The van der Waals surface area contributed by atoms with Crippen LogP contribution in [-0.4, -0.2) is 53.1 Å². The Labute approximate surface area is 159 Å². The van der Waals surface area contributed by atoms with E-state index in [9.17, 15) is 4.79 Å². The van der Waals surface area contributed by atoms with Gasteiger partial charge in [-0.25, -0.2) is 15.0 Å². The second-order valence-electron chi connectivity index (χ2n) is 7.23. The van der Waals surface area contributed by atoms with Crippen molar-refractivity contribution in [3.63, 3.8) is 0 Å². The molecule has 7 nitrogen and oxygen atoms in total. The summed E-state index contributed by atoms with van der Waals surface area (Å²) in [7, 11) is 0. The summed E-state index contributed by atoms with van der Waals surface area (Å²) in [6.07, 6.45) is 11.2. The molecule has 1 saturated carbocycles. The Hall–Kier alpha value is -2.70. The van der Waals surface area contributed by atoms with Gasteiger partial charge >= 0.3 is 0 Å². The third kappa shape index (κ3) is 4.35. The molecule has 0 unspecified atom stereocenters. The van der Waals surface area contributed by atoms with Crippen molar-refractivity contribution in [1.82, 2.24) is 20.3 Å². The van der Waals surface area contributed by atoms with Crippen LogP contribution in [0, 0.1) is 0 Å². The van der Waals surface area contributed by atoms with Crippen molar-refractivity contribution in [2.75, 3.05) is 36.0 Å². The molecular formula is C20H26N6O. The number of nitrogens with one attached hydrogen (secondary N) is 1. The number of amides is 1. The van der Waals surface area contributed by atoms with Gasteiger partial charge in [0.1, 0.15) is 5.82 Å². The van der Waals surface area contributed by atoms with Crippen LogP contribution in [-0.2, 0) is 0 Å². The minimum absolute atomic E-state index is 0.0156. The van der Waals surface area contributed by atoms with E-state index in [1.54, 1.807) is 24.7 Å². The molecule has 0 radical (unpaired) electrons. The summed E-state index contributed by atoms with van der Waals surface area (Å²) in [5, 5.41) is 3.18. The van der Waals surface area contributed by atoms with E-state index in [1.807, 2.05) is 12.1 Å². The lowest BCUT2D eigenvalue weighted by atomic mass is 9.95. The summed E-state index contributed by atoms with van der Waals surface area (Å²) < 4.78 is 0. The molecule has 4 rings (SSSR count). The quantitative estimate of drug-likeness (QED) is 0.895. The lowest BCUT2D eigenvalue weighted by Gasteiger charge is -2.35. The SMILES string of the molecule is O=C(NC1CCCCC1)c1ccnc(N2CCN(c3ncccn3)CC2)c1. The van der Waals surface area contributed by atoms with Gasteiger partial charge in [-0.3, -0.25) is 4.79 Å². The standard InChI is InChI=1S/C20H26N6O/c27-19(24-17-5-2-1-3-6-17)16-7-10-21-18(15-16)25-11-13-26(14-12-25)20-22-8-4-9-23-20/h4,7-10,15,17H,1-3,5-6,11-14H2,(H,24,27). The van der Waals surface area contributed by atoms with Crippen molar-refractivity contribution in [3.05, 3.63) is 42.4 Å². The number of carbonyl (C=O) groups excluding carboxylic acids is 1. The summed E-state index contributed by atoms with van der Waals surface area (Å²) in [6, 6.07) is 5.85. The molecule has 2 fully saturated rings. The fourth-order valence-corrected chi connectivity index (χ4v) is 3.84. The Morgan fingerprint density at radius 1 is 0.926 bits per heavy atom. The number of aromatic nitrogens is 3. The summed E-state index contributed by atoms with van der Waals surface area (Å²) in [6.45, 7) is 3.34. The number of piperazine rings is 1. The van der Waals surface area contributed by atoms with E-state index < -0.39 is 0 Å². The molecule has 27 heavy (non-hydrogen) atoms. The average molecular weight is 366 g/mol. The molecule has 1 N–H and O–H groups in total. The number of nitrogens with zero attached hydrogens (tertiary/aromatic N) is 5. The second kappa shape index (κ2) is 8.33. The minimum atomic E-state index is 0.0156. The number of pyridine rings is 1. The van der Waals surface area contributed by atoms with Crippen molar-refractivity contribution in [2.45, 2.75) is 38.1 Å². The highest BCUT2D eigenvalue weighted by Crippen LogP contribution is 2.20. The maximum absolute atomic E-state index is 12.6. The molecule has 7 heteroatoms. The van der Waals surface area contributed by atoms with Gasteiger partial charge in [0.25, 0.3) is 5.91 Å². The number of carbonyl (C=O) groups is 1. The third-order valence-corrected chi connectivity index (χ3v) is 5.39. The van der Waals surface area contributed by atoms with E-state index in [2.05, 4.69) is 30.1 Å². The van der Waals surface area contributed by atoms with E-state index >= 15 is 0 Å². The first kappa shape index (κ1) is 17.7. The van der Waals surface area contributed by atoms with Crippen molar-refractivity contribution >= 4 is 17.7 Å². The molecule has 0 atom stereocenters. The van der Waals surface area contributed by atoms with Gasteiger partial charge < -0.3 is 15.1 Å². The lowest BCUT2D eigenvalue weighted by molar-refractivity contribution is 0.0927. The molecule has 0 aromatic carbocycles. The highest BCUT2D eigenvalue weighted by atomic mass is 16.1. The van der Waals surface area contributed by atoms with E-state index in [0.29, 0.717) is 11.6 Å². The monoisotopic (exact) mass is 366 g/mol. The fraction of sp³-hybridized carbons (Fsp3) is 0.500. The second-order valence-corrected chi connectivity index (χ2v) is 7.23. The maximum Gasteiger partial charge on any atom is 0.251 e. The van der Waals surface area contributed by atoms with Crippen LogP contribution in [0.4, 0.5) is 11.8 Å². The van der Waals surface area contributed by atoms with Crippen LogP contribution in [0.5, 0.6) is 0 Å². The molecule has 1 saturated heterocycles. The number of rotatable bonds is 4. The first-order valence-corrected chi connectivity index (χ1v) is 9.83. The Morgan fingerprint density at radius 3 is 2.37 bits per heavy atom. The molecule has 3 heterocycles. The summed E-state index contributed by atoms with van der Waals surface area (Å²) in [5.41, 5.74) is 0.694. The number of hydrogen-bond acceptors (Lipinski definition) is 6. The first-order valence-electron chi connectivity index (χ1n) is 9.83. The third-order valence-electron chi connectivity index (χ3n) is 5.39. The van der Waals surface area contributed by atoms with Gasteiger partial charge in [-0.15, -0.1) is 0 Å². The van der Waals surface area contributed by atoms with Crippen LogP contribution >= 0.6 is 0 Å². The Bertz CT molecular complexity index is 754. The topological polar surface area (TPSA) is 74.2 Å². The minimum Gasteiger partial charge on any atom is -0.353 e. The van der Waals surface area contributed by atoms with E-state index in [4.69, 9.17) is 0 Å². The van der Waals surface area contributed by atoms with Gasteiger partial charge in [0.2, 0.25) is 5.95 Å². The fourth-order valence-electron chi connectivity index (χ4n) is 3.84. The zero-order valence-corrected chi connectivity index (χ0v) is 15.5. The number of hydrogen-bond donors (Lipinski definition) is 1. The van der Waals surface area contributed by atoms with Crippen LogP contribution in [0.2, 0.25) is 0 Å². The molecular weight excluding hydrogens is 340 g/mol. The molecule has 142 valence electrons. The molecule has 0 bridgehead atoms. The largest absolute Gasteiger partial charge is 0.353 e. The average Bonchev–Trinajstić information content (AvgIpc) is 2.75. The van der Waals surface area contributed by atoms with Gasteiger partial charge in [0, 0.05) is 56.4 Å². The summed E-state index contributed by atoms with van der Waals surface area (Å²) in [4.78, 5) is 30.1. The van der Waals surface area contributed by atoms with E-state index in [0.717, 1.165) is 50.8 Å². The molecule has 2 aliphatic rings. The van der Waals surface area contributed by atoms with Crippen LogP contribution in [0.3, 0.4) is 0 Å². The van der Waals surface area contributed by atoms with E-state index in [-0.39, 0.29) is 5.91 Å². The highest BCUT2D eigenvalue weighted by Gasteiger charge is 2.21. The Kier molecular flexibility index (Phi) is 5.46. The zero-order chi connectivity index (χ0) is 18.5. The van der Waals surface area contributed by atoms with Crippen LogP contribution in [0.25, 0.3) is 0 Å². The molecule has 1 aliphatic carbocycles. The van der Waals surface area contributed by atoms with Crippen LogP contribution in [0.1, 0.15) is 42.5 Å². The molecule has 1 amide bonds. The Morgan fingerprint density at radius 2 is 1.63 bits per heavy atom. The van der Waals surface area contributed by atoms with Crippen LogP contribution in [0.15, 0.2) is 36.8 Å². The first-order chi connectivity index (χ1) is 13.3. The molecule has 2 aromatic rings. The molecule has 2 aromatic heterocycles. The predicted molar refractivity (Wildman–Crippen MR) is 105 cm³/mol. The normalized spacial score (nSPS) is 18.4. The highest BCUT2D eigenvalue weighted by molar-refractivity contribution is 5.95. The summed E-state index contributed by atoms with van der Waals surface area (Å²) in [5.74, 6) is 1.65. The van der Waals surface area contributed by atoms with Crippen molar-refractivity contribution < 1.29 is 4.79 Å². The molecule has 1 aliphatic heterocycles. The van der Waals surface area contributed by atoms with Gasteiger partial charge in [0.05, 0.1) is 0 Å². The van der Waals surface area contributed by atoms with Crippen molar-refractivity contribution in [1.29, 1.82) is 0 Å². The van der Waals surface area contributed by atoms with Gasteiger partial charge in [-0.05, 0) is 31.0 Å². The van der Waals surface area contributed by atoms with Gasteiger partial charge in [-0.1, -0.05) is 19.3 Å². The zero-order valence-electron chi connectivity index (χ0n) is 15.5. The van der Waals surface area contributed by atoms with Gasteiger partial charge in [-0.2, -0.15) is 0 Å². The number of anilines is 2. The van der Waals surface area contributed by atoms with Crippen molar-refractivity contribution in [3.8, 4) is 0 Å². The smallest absolute Gasteiger partial charge is 0.251 e. The lowest BCUT2D eigenvalue weighted by Crippen LogP contribution is -2.47. The molecule has 0 spiro atoms. The summed E-state index contributed by atoms with van der Waals surface area (Å²) >= 11 is 0.